The smallest absolute Gasteiger partial charge is 0.318 e. The van der Waals surface area contributed by atoms with Gasteiger partial charge in [0.1, 0.15) is 5.82 Å². The van der Waals surface area contributed by atoms with Crippen LogP contribution in [0, 0.1) is 23.7 Å². The van der Waals surface area contributed by atoms with Crippen molar-refractivity contribution in [3.8, 4) is 5.69 Å². The standard InChI is InChI=1S/C34H44N4O2/c1-5-27-10-6-9-13-30(27)38-31(35-29-12-8-7-11-28(29)32(38)39)23(4)37(15-14-22(2)3)33(40)36-34-19-24-16-25(20-34)18-26(17-24)21-34/h6-13,22-26H,5,14-21H2,1-4H3,(H,36,40). The van der Waals surface area contributed by atoms with Gasteiger partial charge in [0.05, 0.1) is 22.6 Å². The topological polar surface area (TPSA) is 67.2 Å². The van der Waals surface area contributed by atoms with Crippen LogP contribution in [0.5, 0.6) is 0 Å². The van der Waals surface area contributed by atoms with Gasteiger partial charge in [-0.1, -0.05) is 51.1 Å². The van der Waals surface area contributed by atoms with E-state index >= 15 is 0 Å². The average molecular weight is 541 g/mol. The highest BCUT2D eigenvalue weighted by molar-refractivity contribution is 5.79. The van der Waals surface area contributed by atoms with Crippen LogP contribution in [0.2, 0.25) is 0 Å². The van der Waals surface area contributed by atoms with Crippen LogP contribution in [0.4, 0.5) is 4.79 Å². The number of carbonyl (C=O) groups excluding carboxylic acids is 1. The maximum atomic E-state index is 14.3. The predicted octanol–water partition coefficient (Wildman–Crippen LogP) is 7.04. The molecular weight excluding hydrogens is 496 g/mol. The third kappa shape index (κ3) is 4.95. The van der Waals surface area contributed by atoms with Crippen molar-refractivity contribution < 1.29 is 4.79 Å². The largest absolute Gasteiger partial charge is 0.333 e. The lowest BCUT2D eigenvalue weighted by Crippen LogP contribution is -2.62. The lowest BCUT2D eigenvalue weighted by atomic mass is 9.53. The molecule has 4 aliphatic rings. The van der Waals surface area contributed by atoms with E-state index in [0.29, 0.717) is 29.2 Å². The van der Waals surface area contributed by atoms with E-state index in [2.05, 4.69) is 32.2 Å². The fourth-order valence-corrected chi connectivity index (χ4v) is 8.26. The number of amides is 2. The quantitative estimate of drug-likeness (QED) is 0.333. The van der Waals surface area contributed by atoms with Crippen LogP contribution in [-0.2, 0) is 6.42 Å². The van der Waals surface area contributed by atoms with E-state index in [-0.39, 0.29) is 23.2 Å². The molecule has 0 aliphatic heterocycles. The Morgan fingerprint density at radius 2 is 1.62 bits per heavy atom. The number of nitrogens with one attached hydrogen (secondary N) is 1. The minimum atomic E-state index is -0.380. The molecule has 0 spiro atoms. The van der Waals surface area contributed by atoms with Gasteiger partial charge in [0.15, 0.2) is 0 Å². The van der Waals surface area contributed by atoms with Crippen molar-refractivity contribution in [2.75, 3.05) is 6.54 Å². The molecule has 6 nitrogen and oxygen atoms in total. The molecule has 4 aliphatic carbocycles. The average Bonchev–Trinajstić information content (AvgIpc) is 2.92. The first-order valence-corrected chi connectivity index (χ1v) is 15.5. The Morgan fingerprint density at radius 3 is 2.27 bits per heavy atom. The minimum Gasteiger partial charge on any atom is -0.333 e. The summed E-state index contributed by atoms with van der Waals surface area (Å²) in [6.07, 6.45) is 9.04. The van der Waals surface area contributed by atoms with Gasteiger partial charge in [0, 0.05) is 12.1 Å². The summed E-state index contributed by atoms with van der Waals surface area (Å²) in [7, 11) is 0. The van der Waals surface area contributed by atoms with Crippen LogP contribution in [0.25, 0.3) is 16.6 Å². The second kappa shape index (κ2) is 10.7. The second-order valence-corrected chi connectivity index (χ2v) is 13.3. The summed E-state index contributed by atoms with van der Waals surface area (Å²) in [5, 5.41) is 4.20. The molecule has 0 saturated heterocycles. The molecule has 1 heterocycles. The van der Waals surface area contributed by atoms with E-state index in [9.17, 15) is 9.59 Å². The van der Waals surface area contributed by atoms with E-state index in [1.54, 1.807) is 4.57 Å². The van der Waals surface area contributed by atoms with E-state index in [1.807, 2.05) is 54.3 Å². The molecule has 212 valence electrons. The van der Waals surface area contributed by atoms with Crippen LogP contribution >= 0.6 is 0 Å². The number of nitrogens with zero attached hydrogens (tertiary/aromatic N) is 3. The highest BCUT2D eigenvalue weighted by Crippen LogP contribution is 2.55. The van der Waals surface area contributed by atoms with Crippen LogP contribution in [0.3, 0.4) is 0 Å². The molecule has 4 saturated carbocycles. The zero-order valence-corrected chi connectivity index (χ0v) is 24.5. The first-order chi connectivity index (χ1) is 19.3. The molecule has 2 amide bonds. The lowest BCUT2D eigenvalue weighted by molar-refractivity contribution is -0.0164. The maximum Gasteiger partial charge on any atom is 0.318 e. The number of fused-ring (bicyclic) bond motifs is 1. The van der Waals surface area contributed by atoms with Gasteiger partial charge >= 0.3 is 6.03 Å². The summed E-state index contributed by atoms with van der Waals surface area (Å²) in [5.41, 5.74) is 2.44. The van der Waals surface area contributed by atoms with E-state index < -0.39 is 0 Å². The van der Waals surface area contributed by atoms with Crippen molar-refractivity contribution in [2.45, 2.75) is 90.6 Å². The normalized spacial score (nSPS) is 25.9. The lowest BCUT2D eigenvalue weighted by Gasteiger charge is -2.57. The number of para-hydroxylation sites is 2. The predicted molar refractivity (Wildman–Crippen MR) is 161 cm³/mol. The molecule has 1 aromatic heterocycles. The van der Waals surface area contributed by atoms with Gasteiger partial charge in [-0.25, -0.2) is 9.78 Å². The SMILES string of the molecule is CCc1ccccc1-n1c(C(C)N(CCC(C)C)C(=O)NC23CC4CC(CC(C4)C2)C3)nc2ccccc2c1=O. The Labute approximate surface area is 238 Å². The van der Waals surface area contributed by atoms with Crippen LogP contribution < -0.4 is 10.9 Å². The highest BCUT2D eigenvalue weighted by atomic mass is 16.2. The van der Waals surface area contributed by atoms with Gasteiger partial charge in [0.25, 0.3) is 5.56 Å². The number of hydrogen-bond donors (Lipinski definition) is 1. The van der Waals surface area contributed by atoms with Crippen molar-refractivity contribution in [2.24, 2.45) is 23.7 Å². The molecule has 2 aromatic carbocycles. The summed E-state index contributed by atoms with van der Waals surface area (Å²) < 4.78 is 1.77. The van der Waals surface area contributed by atoms with Crippen molar-refractivity contribution in [1.82, 2.24) is 19.8 Å². The number of urea groups is 1. The molecule has 6 heteroatoms. The summed E-state index contributed by atoms with van der Waals surface area (Å²) in [4.78, 5) is 35.4. The Morgan fingerprint density at radius 1 is 1.00 bits per heavy atom. The number of hydrogen-bond acceptors (Lipinski definition) is 3. The number of carbonyl (C=O) groups is 1. The highest BCUT2D eigenvalue weighted by Gasteiger charge is 2.52. The molecule has 1 atom stereocenters. The maximum absolute atomic E-state index is 14.3. The Kier molecular flexibility index (Phi) is 7.22. The molecule has 4 bridgehead atoms. The van der Waals surface area contributed by atoms with Crippen molar-refractivity contribution in [1.29, 1.82) is 0 Å². The van der Waals surface area contributed by atoms with Crippen LogP contribution in [0.15, 0.2) is 53.3 Å². The van der Waals surface area contributed by atoms with Gasteiger partial charge in [0.2, 0.25) is 0 Å². The number of benzene rings is 2. The Bertz CT molecular complexity index is 1420. The van der Waals surface area contributed by atoms with Gasteiger partial charge in [-0.05, 0) is 106 Å². The first-order valence-electron chi connectivity index (χ1n) is 15.5. The van der Waals surface area contributed by atoms with Crippen LogP contribution in [0.1, 0.15) is 90.1 Å². The Hall–Kier alpha value is -3.15. The monoisotopic (exact) mass is 540 g/mol. The summed E-state index contributed by atoms with van der Waals surface area (Å²) >= 11 is 0. The molecule has 4 fully saturated rings. The molecule has 1 unspecified atom stereocenters. The number of aromatic nitrogens is 2. The summed E-state index contributed by atoms with van der Waals surface area (Å²) in [6.45, 7) is 9.16. The zero-order valence-electron chi connectivity index (χ0n) is 24.5. The van der Waals surface area contributed by atoms with Crippen LogP contribution in [-0.4, -0.2) is 32.6 Å². The molecule has 0 radical (unpaired) electrons. The molecule has 7 rings (SSSR count). The van der Waals surface area contributed by atoms with E-state index in [0.717, 1.165) is 61.1 Å². The van der Waals surface area contributed by atoms with Crippen molar-refractivity contribution in [3.63, 3.8) is 0 Å². The first kappa shape index (κ1) is 27.0. The van der Waals surface area contributed by atoms with Gasteiger partial charge in [-0.3, -0.25) is 9.36 Å². The number of rotatable bonds is 8. The third-order valence-corrected chi connectivity index (χ3v) is 9.87. The fraction of sp³-hybridized carbons (Fsp3) is 0.559. The van der Waals surface area contributed by atoms with E-state index in [4.69, 9.17) is 4.98 Å². The van der Waals surface area contributed by atoms with Gasteiger partial charge < -0.3 is 10.2 Å². The molecule has 1 N–H and O–H groups in total. The van der Waals surface area contributed by atoms with Crippen molar-refractivity contribution in [3.05, 3.63) is 70.3 Å². The summed E-state index contributed by atoms with van der Waals surface area (Å²) in [5.74, 6) is 3.34. The second-order valence-electron chi connectivity index (χ2n) is 13.3. The Balaban J connectivity index is 1.42. The van der Waals surface area contributed by atoms with Crippen molar-refractivity contribution >= 4 is 16.9 Å². The van der Waals surface area contributed by atoms with Gasteiger partial charge in [-0.2, -0.15) is 0 Å². The zero-order chi connectivity index (χ0) is 28.0. The van der Waals surface area contributed by atoms with E-state index in [1.165, 1.54) is 19.3 Å². The molecule has 3 aromatic rings. The fourth-order valence-electron chi connectivity index (χ4n) is 8.26. The molecular formula is C34H44N4O2. The minimum absolute atomic E-state index is 0.00663. The summed E-state index contributed by atoms with van der Waals surface area (Å²) in [6, 6.07) is 15.2. The van der Waals surface area contributed by atoms with Gasteiger partial charge in [-0.15, -0.1) is 0 Å². The number of aryl methyl sites for hydroxylation is 1. The third-order valence-electron chi connectivity index (χ3n) is 9.87. The molecule has 40 heavy (non-hydrogen) atoms.